The molecule has 2 N–H and O–H groups in total. The van der Waals surface area contributed by atoms with Crippen molar-refractivity contribution in [3.63, 3.8) is 0 Å². The number of hydrogen-bond donors (Lipinski definition) is 2. The number of aromatic nitrogens is 2. The predicted octanol–water partition coefficient (Wildman–Crippen LogP) is 1.65. The number of likely N-dealkylation sites (N-methyl/N-ethyl adjacent to an activating group) is 1. The Morgan fingerprint density at radius 3 is 2.75 bits per heavy atom. The van der Waals surface area contributed by atoms with Crippen LogP contribution in [0.5, 0.6) is 0 Å². The molecule has 2 rings (SSSR count). The van der Waals surface area contributed by atoms with Gasteiger partial charge in [0.2, 0.25) is 0 Å². The fraction of sp³-hybridized carbons (Fsp3) is 0.533. The zero-order chi connectivity index (χ0) is 14.7. The Bertz CT molecular complexity index is 562. The summed E-state index contributed by atoms with van der Waals surface area (Å²) in [5.41, 5.74) is 2.05. The van der Waals surface area contributed by atoms with Gasteiger partial charge in [-0.05, 0) is 19.1 Å². The van der Waals surface area contributed by atoms with Crippen LogP contribution in [-0.4, -0.2) is 40.2 Å². The van der Waals surface area contributed by atoms with Gasteiger partial charge in [-0.2, -0.15) is 0 Å². The van der Waals surface area contributed by atoms with Crippen LogP contribution in [-0.2, 0) is 6.54 Å². The highest BCUT2D eigenvalue weighted by atomic mass is 16.3. The minimum atomic E-state index is -0.379. The largest absolute Gasteiger partial charge is 0.392 e. The van der Waals surface area contributed by atoms with Gasteiger partial charge in [-0.3, -0.25) is 0 Å². The number of nitrogens with zero attached hydrogens (tertiary/aromatic N) is 3. The maximum absolute atomic E-state index is 9.58. The summed E-state index contributed by atoms with van der Waals surface area (Å²) in [6.07, 6.45) is 1.65. The third-order valence-electron chi connectivity index (χ3n) is 3.19. The number of pyridine rings is 1. The molecule has 5 heteroatoms. The zero-order valence-electron chi connectivity index (χ0n) is 12.7. The molecule has 2 heterocycles. The van der Waals surface area contributed by atoms with Gasteiger partial charge in [-0.15, -0.1) is 0 Å². The summed E-state index contributed by atoms with van der Waals surface area (Å²) in [4.78, 5) is 6.69. The van der Waals surface area contributed by atoms with Crippen LogP contribution in [0.15, 0.2) is 24.4 Å². The normalized spacial score (nSPS) is 13.1. The Morgan fingerprint density at radius 1 is 1.35 bits per heavy atom. The first-order valence-corrected chi connectivity index (χ1v) is 7.07. The van der Waals surface area contributed by atoms with Gasteiger partial charge < -0.3 is 19.7 Å². The highest BCUT2D eigenvalue weighted by molar-refractivity contribution is 5.55. The van der Waals surface area contributed by atoms with Crippen molar-refractivity contribution in [2.24, 2.45) is 0 Å². The smallest absolute Gasteiger partial charge is 0.152 e. The van der Waals surface area contributed by atoms with Crippen LogP contribution in [0.25, 0.3) is 5.65 Å². The molecule has 110 valence electrons. The molecule has 2 aromatic heterocycles. The molecule has 2 aromatic rings. The molecule has 0 spiro atoms. The average molecular weight is 276 g/mol. The Balaban J connectivity index is 2.38. The van der Waals surface area contributed by atoms with Gasteiger partial charge in [-0.25, -0.2) is 4.98 Å². The lowest BCUT2D eigenvalue weighted by atomic mass is 10.3. The number of rotatable bonds is 6. The van der Waals surface area contributed by atoms with Crippen molar-refractivity contribution in [1.82, 2.24) is 14.7 Å². The highest BCUT2D eigenvalue weighted by Gasteiger charge is 2.16. The molecule has 0 aliphatic heterocycles. The lowest BCUT2D eigenvalue weighted by Gasteiger charge is -2.20. The third-order valence-corrected chi connectivity index (χ3v) is 3.19. The topological polar surface area (TPSA) is 52.8 Å². The van der Waals surface area contributed by atoms with Gasteiger partial charge in [0.05, 0.1) is 11.8 Å². The summed E-state index contributed by atoms with van der Waals surface area (Å²) in [6, 6.07) is 6.41. The molecule has 1 atom stereocenters. The first-order valence-electron chi connectivity index (χ1n) is 7.07. The lowest BCUT2D eigenvalue weighted by Crippen LogP contribution is -2.29. The molecule has 1 unspecified atom stereocenters. The van der Waals surface area contributed by atoms with E-state index >= 15 is 0 Å². The number of anilines is 1. The van der Waals surface area contributed by atoms with Crippen molar-refractivity contribution in [3.8, 4) is 0 Å². The van der Waals surface area contributed by atoms with E-state index in [1.54, 1.807) is 6.92 Å². The number of fused-ring (bicyclic) bond motifs is 1. The van der Waals surface area contributed by atoms with Crippen molar-refractivity contribution >= 4 is 11.5 Å². The summed E-state index contributed by atoms with van der Waals surface area (Å²) in [5.74, 6) is 0.922. The minimum Gasteiger partial charge on any atom is -0.392 e. The maximum atomic E-state index is 9.58. The zero-order valence-corrected chi connectivity index (χ0v) is 12.7. The second-order valence-corrected chi connectivity index (χ2v) is 5.58. The van der Waals surface area contributed by atoms with E-state index in [9.17, 15) is 5.11 Å². The summed E-state index contributed by atoms with van der Waals surface area (Å²) in [5, 5.41) is 13.0. The van der Waals surface area contributed by atoms with Crippen LogP contribution in [0.4, 0.5) is 5.82 Å². The number of hydrogen-bond acceptors (Lipinski definition) is 4. The highest BCUT2D eigenvalue weighted by Crippen LogP contribution is 2.21. The van der Waals surface area contributed by atoms with Crippen LogP contribution >= 0.6 is 0 Å². The van der Waals surface area contributed by atoms with E-state index < -0.39 is 0 Å². The van der Waals surface area contributed by atoms with Crippen LogP contribution in [0.3, 0.4) is 0 Å². The second-order valence-electron chi connectivity index (χ2n) is 5.58. The summed E-state index contributed by atoms with van der Waals surface area (Å²) < 4.78 is 2.10. The van der Waals surface area contributed by atoms with Gasteiger partial charge in [0.1, 0.15) is 5.65 Å². The Labute approximate surface area is 120 Å². The fourth-order valence-corrected chi connectivity index (χ4v) is 2.29. The quantitative estimate of drug-likeness (QED) is 0.842. The molecule has 20 heavy (non-hydrogen) atoms. The van der Waals surface area contributed by atoms with Crippen LogP contribution in [0.2, 0.25) is 0 Å². The Kier molecular flexibility index (Phi) is 4.62. The van der Waals surface area contributed by atoms with Gasteiger partial charge in [-0.1, -0.05) is 19.9 Å². The standard InChI is InChI=1S/C15H24N4O/c1-11(2)16-9-13-15(18(4)10-12(3)20)17-14-7-5-6-8-19(13)14/h5-8,11-12,16,20H,9-10H2,1-4H3. The van der Waals surface area contributed by atoms with E-state index in [-0.39, 0.29) is 6.10 Å². The average Bonchev–Trinajstić information content (AvgIpc) is 2.74. The number of nitrogens with one attached hydrogen (secondary N) is 1. The molecular weight excluding hydrogens is 252 g/mol. The monoisotopic (exact) mass is 276 g/mol. The van der Waals surface area contributed by atoms with Crippen LogP contribution < -0.4 is 10.2 Å². The molecule has 0 amide bonds. The molecule has 0 aromatic carbocycles. The van der Waals surface area contributed by atoms with Crippen molar-refractivity contribution in [3.05, 3.63) is 30.1 Å². The van der Waals surface area contributed by atoms with Gasteiger partial charge in [0.25, 0.3) is 0 Å². The lowest BCUT2D eigenvalue weighted by molar-refractivity contribution is 0.201. The molecule has 0 saturated carbocycles. The van der Waals surface area contributed by atoms with Crippen LogP contribution in [0.1, 0.15) is 26.5 Å². The first kappa shape index (κ1) is 14.8. The Hall–Kier alpha value is -1.59. The van der Waals surface area contributed by atoms with Crippen molar-refractivity contribution < 1.29 is 5.11 Å². The van der Waals surface area contributed by atoms with E-state index in [0.717, 1.165) is 23.7 Å². The van der Waals surface area contributed by atoms with Gasteiger partial charge >= 0.3 is 0 Å². The van der Waals surface area contributed by atoms with Gasteiger partial charge in [0, 0.05) is 32.4 Å². The van der Waals surface area contributed by atoms with Gasteiger partial charge in [0.15, 0.2) is 5.82 Å². The van der Waals surface area contributed by atoms with E-state index in [1.165, 1.54) is 0 Å². The van der Waals surface area contributed by atoms with E-state index in [4.69, 9.17) is 0 Å². The van der Waals surface area contributed by atoms with Crippen LogP contribution in [0, 0.1) is 0 Å². The number of imidazole rings is 1. The molecule has 5 nitrogen and oxygen atoms in total. The maximum Gasteiger partial charge on any atom is 0.152 e. The van der Waals surface area contributed by atoms with E-state index in [1.807, 2.05) is 36.3 Å². The molecule has 0 radical (unpaired) electrons. The SMILES string of the molecule is CC(O)CN(C)c1nc2ccccn2c1CNC(C)C. The molecule has 0 fully saturated rings. The Morgan fingerprint density at radius 2 is 2.10 bits per heavy atom. The number of aliphatic hydroxyl groups is 1. The van der Waals surface area contributed by atoms with E-state index in [2.05, 4.69) is 28.5 Å². The molecule has 0 bridgehead atoms. The third kappa shape index (κ3) is 3.29. The van der Waals surface area contributed by atoms with Crippen molar-refractivity contribution in [2.75, 3.05) is 18.5 Å². The summed E-state index contributed by atoms with van der Waals surface area (Å²) >= 11 is 0. The van der Waals surface area contributed by atoms with Crippen molar-refractivity contribution in [2.45, 2.75) is 39.5 Å². The molecular formula is C15H24N4O. The second kappa shape index (κ2) is 6.24. The van der Waals surface area contributed by atoms with E-state index in [0.29, 0.717) is 12.6 Å². The summed E-state index contributed by atoms with van der Waals surface area (Å²) in [7, 11) is 1.97. The molecule has 0 aliphatic carbocycles. The summed E-state index contributed by atoms with van der Waals surface area (Å²) in [6.45, 7) is 7.37. The van der Waals surface area contributed by atoms with Crippen molar-refractivity contribution in [1.29, 1.82) is 0 Å². The molecule has 0 saturated heterocycles. The molecule has 0 aliphatic rings. The minimum absolute atomic E-state index is 0.379. The number of aliphatic hydroxyl groups excluding tert-OH is 1. The fourth-order valence-electron chi connectivity index (χ4n) is 2.29. The predicted molar refractivity (Wildman–Crippen MR) is 82.1 cm³/mol. The first-order chi connectivity index (χ1) is 9.49.